The van der Waals surface area contributed by atoms with E-state index in [1.165, 1.54) is 38.5 Å². The van der Waals surface area contributed by atoms with Crippen LogP contribution in [0.25, 0.3) is 0 Å². The van der Waals surface area contributed by atoms with Gasteiger partial charge in [-0.25, -0.2) is 4.57 Å². The Morgan fingerprint density at radius 3 is 1.72 bits per heavy atom. The van der Waals surface area contributed by atoms with Crippen LogP contribution in [0.3, 0.4) is 0 Å². The van der Waals surface area contributed by atoms with Gasteiger partial charge in [-0.15, -0.1) is 0 Å². The van der Waals surface area contributed by atoms with Gasteiger partial charge >= 0.3 is 19.8 Å². The van der Waals surface area contributed by atoms with Crippen LogP contribution < -0.4 is 0 Å². The normalized spacial score (nSPS) is 14.1. The monoisotopic (exact) mass is 730 g/mol. The van der Waals surface area contributed by atoms with E-state index < -0.39 is 44.7 Å². The fourth-order valence-corrected chi connectivity index (χ4v) is 5.63. The zero-order valence-electron chi connectivity index (χ0n) is 31.3. The van der Waals surface area contributed by atoms with Crippen LogP contribution in [0.15, 0.2) is 36.5 Å². The Kier molecular flexibility index (Phi) is 33.0. The van der Waals surface area contributed by atoms with Gasteiger partial charge in [-0.2, -0.15) is 0 Å². The van der Waals surface area contributed by atoms with Gasteiger partial charge in [0.05, 0.1) is 18.8 Å². The maximum absolute atomic E-state index is 12.4. The van der Waals surface area contributed by atoms with E-state index in [0.29, 0.717) is 25.7 Å². The van der Waals surface area contributed by atoms with E-state index in [4.69, 9.17) is 19.3 Å². The Balaban J connectivity index is 4.11. The van der Waals surface area contributed by atoms with E-state index in [2.05, 4.69) is 48.8 Å². The van der Waals surface area contributed by atoms with Crippen LogP contribution in [0.5, 0.6) is 0 Å². The van der Waals surface area contributed by atoms with Crippen LogP contribution in [-0.2, 0) is 28.2 Å². The van der Waals surface area contributed by atoms with Crippen LogP contribution in [0, 0.1) is 0 Å². The molecule has 0 aromatic heterocycles. The van der Waals surface area contributed by atoms with Gasteiger partial charge in [0, 0.05) is 12.8 Å². The average molecular weight is 731 g/mol. The van der Waals surface area contributed by atoms with Crippen LogP contribution >= 0.6 is 7.82 Å². The van der Waals surface area contributed by atoms with Crippen LogP contribution in [0.2, 0.25) is 0 Å². The lowest BCUT2D eigenvalue weighted by Gasteiger charge is -2.18. The number of carbonyl (C=O) groups is 2. The minimum atomic E-state index is -4.79. The molecule has 292 valence electrons. The van der Waals surface area contributed by atoms with Crippen molar-refractivity contribution in [3.8, 4) is 0 Å². The lowest BCUT2D eigenvalue weighted by Crippen LogP contribution is -2.29. The lowest BCUT2D eigenvalue weighted by molar-refractivity contribution is -0.161. The maximum atomic E-state index is 12.4. The van der Waals surface area contributed by atoms with Gasteiger partial charge in [-0.05, 0) is 64.2 Å². The minimum Gasteiger partial charge on any atom is -0.462 e. The molecule has 0 aliphatic carbocycles. The highest BCUT2D eigenvalue weighted by atomic mass is 31.2. The highest BCUT2D eigenvalue weighted by molar-refractivity contribution is 7.46. The van der Waals surface area contributed by atoms with Gasteiger partial charge in [-0.3, -0.25) is 14.1 Å². The van der Waals surface area contributed by atoms with Gasteiger partial charge in [0.1, 0.15) is 6.61 Å². The van der Waals surface area contributed by atoms with Gasteiger partial charge < -0.3 is 29.5 Å². The standard InChI is InChI=1S/C39H71O10P/c1-3-5-7-9-11-12-13-14-15-16-17-18-19-23-28-32-39(43)49-35(34-48-50(44,45)46)33-47-38(42)31-27-24-20-22-26-30-37(41)36(40)29-25-21-10-8-6-4-2/h12-15,21,25,35-37,40-41H,3-11,16-20,22-24,26-34H2,1-2H3,(H2,44,45,46)/b13-12-,15-14-,25-21-/t35-,36-,37-/m1/s1. The minimum absolute atomic E-state index is 0.162. The first kappa shape index (κ1) is 48.2. The Bertz CT molecular complexity index is 945. The summed E-state index contributed by atoms with van der Waals surface area (Å²) in [6, 6.07) is 0. The molecule has 0 unspecified atom stereocenters. The SMILES string of the molecule is CCCCC/C=C\C[C@@H](O)[C@H](O)CCCCCCCC(=O)OC[C@H](COP(=O)(O)O)OC(=O)CCCCCCC/C=C\C=C/CCCCCC. The summed E-state index contributed by atoms with van der Waals surface area (Å²) in [5.74, 6) is -1.02. The van der Waals surface area contributed by atoms with Crippen molar-refractivity contribution in [2.75, 3.05) is 13.2 Å². The third-order valence-electron chi connectivity index (χ3n) is 8.36. The number of aliphatic hydroxyl groups is 2. The highest BCUT2D eigenvalue weighted by Gasteiger charge is 2.23. The number of unbranched alkanes of at least 4 members (excludes halogenated alkanes) is 16. The first-order valence-electron chi connectivity index (χ1n) is 19.5. The molecule has 0 rings (SSSR count). The molecule has 11 heteroatoms. The number of hydrogen-bond acceptors (Lipinski definition) is 8. The highest BCUT2D eigenvalue weighted by Crippen LogP contribution is 2.36. The molecular weight excluding hydrogens is 659 g/mol. The van der Waals surface area contributed by atoms with E-state index >= 15 is 0 Å². The third-order valence-corrected chi connectivity index (χ3v) is 8.85. The molecule has 0 aromatic rings. The molecular formula is C39H71O10P. The quantitative estimate of drug-likeness (QED) is 0.0163. The summed E-state index contributed by atoms with van der Waals surface area (Å²) >= 11 is 0. The molecule has 0 saturated carbocycles. The van der Waals surface area contributed by atoms with Crippen molar-refractivity contribution in [1.29, 1.82) is 0 Å². The second kappa shape index (κ2) is 34.3. The average Bonchev–Trinajstić information content (AvgIpc) is 3.08. The molecule has 0 aliphatic heterocycles. The predicted octanol–water partition coefficient (Wildman–Crippen LogP) is 9.34. The summed E-state index contributed by atoms with van der Waals surface area (Å²) in [7, 11) is -4.79. The summed E-state index contributed by atoms with van der Waals surface area (Å²) in [6.45, 7) is 3.45. The number of aliphatic hydroxyl groups excluding tert-OH is 2. The van der Waals surface area contributed by atoms with E-state index in [-0.39, 0.29) is 19.4 Å². The molecule has 4 N–H and O–H groups in total. The van der Waals surface area contributed by atoms with Gasteiger partial charge in [0.15, 0.2) is 6.10 Å². The summed E-state index contributed by atoms with van der Waals surface area (Å²) in [4.78, 5) is 42.7. The molecule has 0 amide bonds. The van der Waals surface area contributed by atoms with Crippen LogP contribution in [0.4, 0.5) is 0 Å². The number of hydrogen-bond donors (Lipinski definition) is 4. The van der Waals surface area contributed by atoms with Crippen molar-refractivity contribution in [2.24, 2.45) is 0 Å². The number of phosphoric ester groups is 1. The number of allylic oxidation sites excluding steroid dienone is 5. The Morgan fingerprint density at radius 1 is 0.600 bits per heavy atom. The van der Waals surface area contributed by atoms with Crippen LogP contribution in [0.1, 0.15) is 168 Å². The van der Waals surface area contributed by atoms with Crippen molar-refractivity contribution >= 4 is 19.8 Å². The molecule has 0 spiro atoms. The Labute approximate surface area is 303 Å². The molecule has 3 atom stereocenters. The topological polar surface area (TPSA) is 160 Å². The summed E-state index contributed by atoms with van der Waals surface area (Å²) in [5, 5.41) is 20.3. The van der Waals surface area contributed by atoms with Crippen molar-refractivity contribution in [1.82, 2.24) is 0 Å². The van der Waals surface area contributed by atoms with Crippen molar-refractivity contribution in [3.63, 3.8) is 0 Å². The Hall–Kier alpha value is -1.81. The van der Waals surface area contributed by atoms with E-state index in [1.807, 2.05) is 6.08 Å². The number of phosphoric acid groups is 1. The Morgan fingerprint density at radius 2 is 1.10 bits per heavy atom. The summed E-state index contributed by atoms with van der Waals surface area (Å²) < 4.78 is 26.2. The smallest absolute Gasteiger partial charge is 0.462 e. The molecule has 0 aromatic carbocycles. The summed E-state index contributed by atoms with van der Waals surface area (Å²) in [6.07, 6.45) is 31.7. The number of carbonyl (C=O) groups excluding carboxylic acids is 2. The summed E-state index contributed by atoms with van der Waals surface area (Å²) in [5.41, 5.74) is 0. The first-order chi connectivity index (χ1) is 24.1. The molecule has 0 bridgehead atoms. The molecule has 50 heavy (non-hydrogen) atoms. The van der Waals surface area contributed by atoms with Crippen molar-refractivity contribution in [3.05, 3.63) is 36.5 Å². The molecule has 10 nitrogen and oxygen atoms in total. The first-order valence-corrected chi connectivity index (χ1v) is 21.0. The van der Waals surface area contributed by atoms with E-state index in [0.717, 1.165) is 77.0 Å². The second-order valence-electron chi connectivity index (χ2n) is 13.2. The van der Waals surface area contributed by atoms with Crippen LogP contribution in [-0.4, -0.2) is 63.5 Å². The molecule has 0 radical (unpaired) electrons. The third kappa shape index (κ3) is 34.6. The van der Waals surface area contributed by atoms with Gasteiger partial charge in [0.2, 0.25) is 0 Å². The molecule has 0 saturated heterocycles. The number of esters is 2. The van der Waals surface area contributed by atoms with Crippen molar-refractivity contribution in [2.45, 2.75) is 186 Å². The molecule has 0 aliphatic rings. The zero-order valence-corrected chi connectivity index (χ0v) is 32.2. The zero-order chi connectivity index (χ0) is 37.1. The maximum Gasteiger partial charge on any atom is 0.469 e. The fraction of sp³-hybridized carbons (Fsp3) is 0.795. The van der Waals surface area contributed by atoms with Gasteiger partial charge in [-0.1, -0.05) is 127 Å². The number of rotatable bonds is 35. The predicted molar refractivity (Wildman–Crippen MR) is 200 cm³/mol. The fourth-order valence-electron chi connectivity index (χ4n) is 5.27. The number of ether oxygens (including phenoxy) is 2. The van der Waals surface area contributed by atoms with E-state index in [1.54, 1.807) is 0 Å². The molecule has 0 fully saturated rings. The van der Waals surface area contributed by atoms with E-state index in [9.17, 15) is 24.4 Å². The van der Waals surface area contributed by atoms with Gasteiger partial charge in [0.25, 0.3) is 0 Å². The second-order valence-corrected chi connectivity index (χ2v) is 14.5. The lowest BCUT2D eigenvalue weighted by atomic mass is 10.0. The van der Waals surface area contributed by atoms with Crippen molar-refractivity contribution < 1.29 is 48.2 Å². The molecule has 0 heterocycles. The largest absolute Gasteiger partial charge is 0.469 e.